The van der Waals surface area contributed by atoms with E-state index in [1.807, 2.05) is 19.0 Å². The summed E-state index contributed by atoms with van der Waals surface area (Å²) in [5, 5.41) is 4.83. The van der Waals surface area contributed by atoms with Gasteiger partial charge in [0.15, 0.2) is 0 Å². The average Bonchev–Trinajstić information content (AvgIpc) is 3.25. The Labute approximate surface area is 204 Å². The van der Waals surface area contributed by atoms with E-state index in [-0.39, 0.29) is 49.6 Å². The van der Waals surface area contributed by atoms with Crippen molar-refractivity contribution >= 4 is 11.8 Å². The summed E-state index contributed by atoms with van der Waals surface area (Å²) in [7, 11) is 1.82. The molecule has 2 amide bonds. The van der Waals surface area contributed by atoms with Gasteiger partial charge in [-0.3, -0.25) is 15.0 Å². The third-order valence-corrected chi connectivity index (χ3v) is 7.57. The van der Waals surface area contributed by atoms with Crippen molar-refractivity contribution in [3.63, 3.8) is 0 Å². The van der Waals surface area contributed by atoms with Crippen LogP contribution in [0.2, 0.25) is 0 Å². The second-order valence-electron chi connectivity index (χ2n) is 10.5. The number of likely N-dealkylation sites (N-methyl/N-ethyl adjacent to an activating group) is 1. The first-order valence-electron chi connectivity index (χ1n) is 13.2. The van der Waals surface area contributed by atoms with Crippen LogP contribution in [-0.2, 0) is 19.1 Å². The smallest absolute Gasteiger partial charge is 0.238 e. The summed E-state index contributed by atoms with van der Waals surface area (Å²) in [6, 6.07) is -0.0540. The lowest BCUT2D eigenvalue weighted by Crippen LogP contribution is -2.46. The van der Waals surface area contributed by atoms with Crippen molar-refractivity contribution in [2.45, 2.75) is 102 Å². The lowest BCUT2D eigenvalue weighted by atomic mass is 9.89. The molecule has 2 aliphatic carbocycles. The van der Waals surface area contributed by atoms with Gasteiger partial charge in [-0.2, -0.15) is 0 Å². The van der Waals surface area contributed by atoms with E-state index in [4.69, 9.17) is 9.47 Å². The number of rotatable bonds is 11. The zero-order chi connectivity index (χ0) is 24.5. The molecule has 4 atom stereocenters. The summed E-state index contributed by atoms with van der Waals surface area (Å²) in [5.74, 6) is 0.711. The summed E-state index contributed by atoms with van der Waals surface area (Å²) in [6.07, 6.45) is 7.11. The van der Waals surface area contributed by atoms with Gasteiger partial charge in [-0.25, -0.2) is 9.40 Å². The number of nitrogens with zero attached hydrogens (tertiary/aromatic N) is 2. The number of alkyl halides is 1. The van der Waals surface area contributed by atoms with E-state index in [0.717, 1.165) is 38.0 Å². The fraction of sp³-hybridized carbons (Fsp3) is 0.920. The van der Waals surface area contributed by atoms with Gasteiger partial charge < -0.3 is 19.7 Å². The van der Waals surface area contributed by atoms with Crippen LogP contribution in [0.4, 0.5) is 4.39 Å². The maximum atomic E-state index is 13.8. The molecule has 0 aromatic heterocycles. The Bertz CT molecular complexity index is 646. The SMILES string of the molecule is CC1CCC(OCC(C)N(C)C(=O)CN2CC(NC(=O)CCOC3CCCCC3F)CN2)CC1. The van der Waals surface area contributed by atoms with Gasteiger partial charge in [0.25, 0.3) is 0 Å². The van der Waals surface area contributed by atoms with Gasteiger partial charge in [-0.15, -0.1) is 0 Å². The molecule has 4 unspecified atom stereocenters. The largest absolute Gasteiger partial charge is 0.376 e. The highest BCUT2D eigenvalue weighted by molar-refractivity contribution is 5.78. The van der Waals surface area contributed by atoms with Crippen molar-refractivity contribution in [2.24, 2.45) is 5.92 Å². The molecule has 0 spiro atoms. The first kappa shape index (κ1) is 27.3. The minimum atomic E-state index is -0.912. The van der Waals surface area contributed by atoms with Gasteiger partial charge in [-0.1, -0.05) is 19.8 Å². The molecule has 1 saturated heterocycles. The van der Waals surface area contributed by atoms with Gasteiger partial charge in [0.2, 0.25) is 11.8 Å². The molecule has 8 nitrogen and oxygen atoms in total. The molecule has 0 radical (unpaired) electrons. The molecule has 0 aromatic carbocycles. The predicted octanol–water partition coefficient (Wildman–Crippen LogP) is 2.42. The molecule has 196 valence electrons. The van der Waals surface area contributed by atoms with Crippen molar-refractivity contribution in [2.75, 3.05) is 39.9 Å². The Kier molecular flexibility index (Phi) is 11.0. The Morgan fingerprint density at radius 2 is 1.88 bits per heavy atom. The van der Waals surface area contributed by atoms with Crippen LogP contribution in [0.5, 0.6) is 0 Å². The van der Waals surface area contributed by atoms with E-state index in [1.54, 1.807) is 4.90 Å². The van der Waals surface area contributed by atoms with E-state index in [9.17, 15) is 14.0 Å². The molecule has 0 aromatic rings. The van der Waals surface area contributed by atoms with E-state index in [2.05, 4.69) is 17.7 Å². The zero-order valence-corrected chi connectivity index (χ0v) is 21.3. The predicted molar refractivity (Wildman–Crippen MR) is 129 cm³/mol. The van der Waals surface area contributed by atoms with E-state index >= 15 is 0 Å². The summed E-state index contributed by atoms with van der Waals surface area (Å²) < 4.78 is 25.5. The molecule has 34 heavy (non-hydrogen) atoms. The van der Waals surface area contributed by atoms with Crippen LogP contribution in [0.25, 0.3) is 0 Å². The quantitative estimate of drug-likeness (QED) is 0.469. The van der Waals surface area contributed by atoms with Gasteiger partial charge >= 0.3 is 0 Å². The molecule has 3 aliphatic rings. The summed E-state index contributed by atoms with van der Waals surface area (Å²) in [4.78, 5) is 26.7. The monoisotopic (exact) mass is 484 g/mol. The maximum Gasteiger partial charge on any atom is 0.238 e. The number of nitrogens with one attached hydrogen (secondary N) is 2. The third-order valence-electron chi connectivity index (χ3n) is 7.57. The number of amides is 2. The molecule has 2 saturated carbocycles. The lowest BCUT2D eigenvalue weighted by Gasteiger charge is -2.31. The van der Waals surface area contributed by atoms with Crippen molar-refractivity contribution in [1.82, 2.24) is 20.7 Å². The minimum absolute atomic E-state index is 0.0121. The molecule has 0 bridgehead atoms. The molecule has 1 aliphatic heterocycles. The Morgan fingerprint density at radius 3 is 2.62 bits per heavy atom. The molecular formula is C25H45FN4O4. The molecule has 2 N–H and O–H groups in total. The first-order chi connectivity index (χ1) is 16.3. The Balaban J connectivity index is 1.28. The minimum Gasteiger partial charge on any atom is -0.376 e. The highest BCUT2D eigenvalue weighted by Gasteiger charge is 2.28. The van der Waals surface area contributed by atoms with Crippen molar-refractivity contribution in [3.05, 3.63) is 0 Å². The number of hydrogen-bond donors (Lipinski definition) is 2. The van der Waals surface area contributed by atoms with E-state index in [0.29, 0.717) is 32.2 Å². The van der Waals surface area contributed by atoms with Gasteiger partial charge in [0, 0.05) is 26.6 Å². The van der Waals surface area contributed by atoms with Crippen LogP contribution < -0.4 is 10.7 Å². The third kappa shape index (κ3) is 8.73. The fourth-order valence-corrected chi connectivity index (χ4v) is 5.00. The number of carbonyl (C=O) groups is 2. The summed E-state index contributed by atoms with van der Waals surface area (Å²) >= 11 is 0. The van der Waals surface area contributed by atoms with Crippen LogP contribution >= 0.6 is 0 Å². The topological polar surface area (TPSA) is 83.1 Å². The fourth-order valence-electron chi connectivity index (χ4n) is 5.00. The second kappa shape index (κ2) is 13.7. The van der Waals surface area contributed by atoms with E-state index < -0.39 is 6.17 Å². The lowest BCUT2D eigenvalue weighted by molar-refractivity contribution is -0.135. The second-order valence-corrected chi connectivity index (χ2v) is 10.5. The van der Waals surface area contributed by atoms with Gasteiger partial charge in [-0.05, 0) is 51.4 Å². The van der Waals surface area contributed by atoms with Crippen molar-refractivity contribution < 1.29 is 23.5 Å². The van der Waals surface area contributed by atoms with Crippen LogP contribution in [0.1, 0.15) is 71.6 Å². The summed E-state index contributed by atoms with van der Waals surface area (Å²) in [5.41, 5.74) is 3.20. The van der Waals surface area contributed by atoms with Crippen LogP contribution in [-0.4, -0.2) is 92.1 Å². The van der Waals surface area contributed by atoms with Gasteiger partial charge in [0.05, 0.1) is 44.1 Å². The molecule has 3 fully saturated rings. The first-order valence-corrected chi connectivity index (χ1v) is 13.2. The number of ether oxygens (including phenoxy) is 2. The van der Waals surface area contributed by atoms with Crippen molar-refractivity contribution in [1.29, 1.82) is 0 Å². The van der Waals surface area contributed by atoms with E-state index in [1.165, 1.54) is 12.8 Å². The average molecular weight is 485 g/mol. The molecular weight excluding hydrogens is 439 g/mol. The number of hydrogen-bond acceptors (Lipinski definition) is 6. The Hall–Kier alpha value is -1.29. The van der Waals surface area contributed by atoms with Crippen LogP contribution in [0.3, 0.4) is 0 Å². The summed E-state index contributed by atoms with van der Waals surface area (Å²) in [6.45, 7) is 6.50. The highest BCUT2D eigenvalue weighted by atomic mass is 19.1. The van der Waals surface area contributed by atoms with Gasteiger partial charge in [0.1, 0.15) is 6.17 Å². The zero-order valence-electron chi connectivity index (χ0n) is 21.3. The molecule has 1 heterocycles. The normalized spacial score (nSPS) is 31.2. The van der Waals surface area contributed by atoms with Crippen molar-refractivity contribution in [3.8, 4) is 0 Å². The number of halogens is 1. The standard InChI is InChI=1S/C25H45FN4O4/c1-18-8-10-21(11-9-18)34-17-19(2)29(3)25(32)16-30-15-20(14-27-30)28-24(31)12-13-33-23-7-5-4-6-22(23)26/h18-23,27H,4-17H2,1-3H3,(H,28,31). The maximum absolute atomic E-state index is 13.8. The molecule has 9 heteroatoms. The molecule has 3 rings (SSSR count). The van der Waals surface area contributed by atoms with Crippen LogP contribution in [0, 0.1) is 5.92 Å². The number of carbonyl (C=O) groups excluding carboxylic acids is 2. The highest BCUT2D eigenvalue weighted by Crippen LogP contribution is 2.26. The Morgan fingerprint density at radius 1 is 1.15 bits per heavy atom. The number of hydrazine groups is 1. The van der Waals surface area contributed by atoms with Crippen LogP contribution in [0.15, 0.2) is 0 Å².